The highest BCUT2D eigenvalue weighted by molar-refractivity contribution is 6.05. The minimum atomic E-state index is -2.78. The van der Waals surface area contributed by atoms with Crippen LogP contribution in [0.15, 0.2) is 53.6 Å². The molecule has 15 heteroatoms. The number of aromatic nitrogens is 2. The summed E-state index contributed by atoms with van der Waals surface area (Å²) < 4.78 is 34.6. The maximum atomic E-state index is 13.7. The summed E-state index contributed by atoms with van der Waals surface area (Å²) in [5, 5.41) is 14.7. The molecule has 282 valence electrons. The van der Waals surface area contributed by atoms with E-state index < -0.39 is 31.0 Å². The van der Waals surface area contributed by atoms with Crippen molar-refractivity contribution in [3.63, 3.8) is 0 Å². The standard InChI is InChI=1S/C39H41F2N7O6/c1-38(2)19-45(24-6-5-22-16-48(37(53)25(22)13-24)30-7-8-34(50)43-35(30)51)9-10-47(38)18-29-31(49)11-23(12-32(29)54-4)28-17-44(3)36(52)27-15-42-33(14-26(27)28)46-20-39(40,41)21-46/h5-6,11-15,17,30,49H,7-10,16,18-21H2,1-4H3,(H,43,50,51). The van der Waals surface area contributed by atoms with Crippen LogP contribution < -0.4 is 25.4 Å². The SMILES string of the molecule is COc1cc(-c2cn(C)c(=O)c3cnc(N4CC(F)(F)C4)cc23)cc(O)c1CN1CCN(c2ccc3c(c2)C(=O)N(C2CCC(=O)NC2=O)C3)CC1(C)C. The number of ether oxygens (including phenoxy) is 1. The zero-order valence-electron chi connectivity index (χ0n) is 30.5. The van der Waals surface area contributed by atoms with Crippen molar-refractivity contribution in [2.24, 2.45) is 7.05 Å². The van der Waals surface area contributed by atoms with Crippen molar-refractivity contribution < 1.29 is 33.0 Å². The molecule has 3 saturated heterocycles. The van der Waals surface area contributed by atoms with Crippen LogP contribution in [0, 0.1) is 0 Å². The number of pyridine rings is 2. The average Bonchev–Trinajstić information content (AvgIpc) is 3.44. The zero-order valence-corrected chi connectivity index (χ0v) is 30.5. The van der Waals surface area contributed by atoms with Crippen molar-refractivity contribution in [2.45, 2.75) is 57.3 Å². The van der Waals surface area contributed by atoms with E-state index in [-0.39, 0.29) is 35.1 Å². The second kappa shape index (κ2) is 12.8. The molecule has 3 amide bonds. The summed E-state index contributed by atoms with van der Waals surface area (Å²) in [7, 11) is 3.16. The van der Waals surface area contributed by atoms with Gasteiger partial charge in [-0.15, -0.1) is 0 Å². The number of halogens is 2. The first-order chi connectivity index (χ1) is 25.6. The summed E-state index contributed by atoms with van der Waals surface area (Å²) in [6, 6.07) is 10.3. The molecule has 4 aromatic rings. The number of benzene rings is 2. The van der Waals surface area contributed by atoms with Gasteiger partial charge in [0.15, 0.2) is 0 Å². The number of hydrogen-bond donors (Lipinski definition) is 2. The van der Waals surface area contributed by atoms with Crippen molar-refractivity contribution in [1.82, 2.24) is 24.7 Å². The molecule has 0 spiro atoms. The maximum Gasteiger partial charge on any atom is 0.282 e. The molecule has 3 fully saturated rings. The van der Waals surface area contributed by atoms with E-state index in [4.69, 9.17) is 4.74 Å². The van der Waals surface area contributed by atoms with Gasteiger partial charge in [0, 0.05) is 91.9 Å². The van der Waals surface area contributed by atoms with Gasteiger partial charge in [-0.2, -0.15) is 0 Å². The summed E-state index contributed by atoms with van der Waals surface area (Å²) in [4.78, 5) is 62.5. The first-order valence-electron chi connectivity index (χ1n) is 17.9. The van der Waals surface area contributed by atoms with E-state index in [2.05, 4.69) is 33.9 Å². The number of aromatic hydroxyl groups is 1. The Kier molecular flexibility index (Phi) is 8.40. The Hall–Kier alpha value is -5.57. The van der Waals surface area contributed by atoms with Gasteiger partial charge in [-0.1, -0.05) is 6.07 Å². The number of hydrogen-bond acceptors (Lipinski definition) is 10. The molecule has 13 nitrogen and oxygen atoms in total. The second-order valence-electron chi connectivity index (χ2n) is 15.3. The van der Waals surface area contributed by atoms with Gasteiger partial charge in [-0.3, -0.25) is 29.4 Å². The lowest BCUT2D eigenvalue weighted by Crippen LogP contribution is -2.59. The number of alkyl halides is 2. The Labute approximate surface area is 309 Å². The lowest BCUT2D eigenvalue weighted by molar-refractivity contribution is -0.136. The number of methoxy groups -OCH3 is 1. The summed E-state index contributed by atoms with van der Waals surface area (Å²) >= 11 is 0. The lowest BCUT2D eigenvalue weighted by Gasteiger charge is -2.48. The fraction of sp³-hybridized carbons (Fsp3) is 0.410. The summed E-state index contributed by atoms with van der Waals surface area (Å²) in [6.07, 6.45) is 3.58. The molecule has 8 rings (SSSR count). The number of carbonyl (C=O) groups is 3. The third-order valence-corrected chi connectivity index (χ3v) is 11.2. The molecule has 4 aliphatic rings. The van der Waals surface area contributed by atoms with E-state index in [1.54, 1.807) is 30.3 Å². The molecule has 0 aliphatic carbocycles. The van der Waals surface area contributed by atoms with Crippen LogP contribution in [0.1, 0.15) is 48.2 Å². The number of phenolic OH excluding ortho intramolecular Hbond substituents is 1. The number of piperidine rings is 1. The van der Waals surface area contributed by atoms with Gasteiger partial charge in [0.05, 0.1) is 25.6 Å². The van der Waals surface area contributed by atoms with Crippen molar-refractivity contribution >= 4 is 40.0 Å². The molecule has 54 heavy (non-hydrogen) atoms. The Morgan fingerprint density at radius 1 is 0.981 bits per heavy atom. The van der Waals surface area contributed by atoms with Gasteiger partial charge in [-0.05, 0) is 61.7 Å². The molecule has 2 N–H and O–H groups in total. The number of nitrogens with one attached hydrogen (secondary N) is 1. The number of anilines is 2. The highest BCUT2D eigenvalue weighted by atomic mass is 19.3. The predicted octanol–water partition coefficient (Wildman–Crippen LogP) is 3.63. The number of fused-ring (bicyclic) bond motifs is 2. The fourth-order valence-electron chi connectivity index (χ4n) is 8.19. The maximum absolute atomic E-state index is 13.7. The number of phenols is 1. The Morgan fingerprint density at radius 2 is 1.76 bits per heavy atom. The smallest absolute Gasteiger partial charge is 0.282 e. The molecule has 6 heterocycles. The fourth-order valence-corrected chi connectivity index (χ4v) is 8.19. The Bertz CT molecular complexity index is 2300. The molecule has 2 aromatic carbocycles. The first-order valence-corrected chi connectivity index (χ1v) is 17.9. The number of aryl methyl sites for hydroxylation is 1. The largest absolute Gasteiger partial charge is 0.507 e. The number of carbonyl (C=O) groups excluding carboxylic acids is 3. The summed E-state index contributed by atoms with van der Waals surface area (Å²) in [5.41, 5.74) is 3.46. The highest BCUT2D eigenvalue weighted by Gasteiger charge is 2.45. The minimum Gasteiger partial charge on any atom is -0.507 e. The van der Waals surface area contributed by atoms with E-state index in [0.717, 1.165) is 11.3 Å². The van der Waals surface area contributed by atoms with Crippen LogP contribution >= 0.6 is 0 Å². The molecular weight excluding hydrogens is 700 g/mol. The van der Waals surface area contributed by atoms with Crippen LogP contribution in [-0.4, -0.2) is 99.5 Å². The third-order valence-electron chi connectivity index (χ3n) is 11.2. The number of amides is 3. The van der Waals surface area contributed by atoms with Crippen molar-refractivity contribution in [3.8, 4) is 22.6 Å². The van der Waals surface area contributed by atoms with Gasteiger partial charge >= 0.3 is 0 Å². The van der Waals surface area contributed by atoms with E-state index in [9.17, 15) is 33.1 Å². The van der Waals surface area contributed by atoms with Gasteiger partial charge < -0.3 is 29.1 Å². The second-order valence-corrected chi connectivity index (χ2v) is 15.3. The average molecular weight is 742 g/mol. The minimum absolute atomic E-state index is 0.0129. The number of imide groups is 1. The predicted molar refractivity (Wildman–Crippen MR) is 197 cm³/mol. The monoisotopic (exact) mass is 741 g/mol. The van der Waals surface area contributed by atoms with Gasteiger partial charge in [-0.25, -0.2) is 13.8 Å². The van der Waals surface area contributed by atoms with Crippen LogP contribution in [0.25, 0.3) is 21.9 Å². The topological polar surface area (TPSA) is 141 Å². The number of piperazine rings is 1. The highest BCUT2D eigenvalue weighted by Crippen LogP contribution is 2.40. The molecule has 1 unspecified atom stereocenters. The van der Waals surface area contributed by atoms with Gasteiger partial charge in [0.1, 0.15) is 23.4 Å². The van der Waals surface area contributed by atoms with Crippen LogP contribution in [0.5, 0.6) is 11.5 Å². The molecule has 1 atom stereocenters. The van der Waals surface area contributed by atoms with Crippen molar-refractivity contribution in [3.05, 3.63) is 75.8 Å². The number of nitrogens with zero attached hydrogens (tertiary/aromatic N) is 6. The Balaban J connectivity index is 1.02. The van der Waals surface area contributed by atoms with E-state index in [1.807, 2.05) is 24.3 Å². The number of rotatable bonds is 7. The van der Waals surface area contributed by atoms with Gasteiger partial charge in [0.25, 0.3) is 17.4 Å². The quantitative estimate of drug-likeness (QED) is 0.270. The first kappa shape index (κ1) is 35.5. The normalized spacial score (nSPS) is 21.0. The molecule has 0 bridgehead atoms. The lowest BCUT2D eigenvalue weighted by atomic mass is 9.95. The van der Waals surface area contributed by atoms with Crippen molar-refractivity contribution in [1.29, 1.82) is 0 Å². The van der Waals surface area contributed by atoms with Crippen molar-refractivity contribution in [2.75, 3.05) is 49.6 Å². The van der Waals surface area contributed by atoms with Crippen LogP contribution in [-0.2, 0) is 29.7 Å². The molecular formula is C39H41F2N7O6. The van der Waals surface area contributed by atoms with E-state index >= 15 is 0 Å². The van der Waals surface area contributed by atoms with E-state index in [0.29, 0.717) is 83.7 Å². The molecule has 0 radical (unpaired) electrons. The summed E-state index contributed by atoms with van der Waals surface area (Å²) in [6.45, 7) is 5.97. The third kappa shape index (κ3) is 6.09. The molecule has 2 aromatic heterocycles. The summed E-state index contributed by atoms with van der Waals surface area (Å²) in [5.74, 6) is -2.94. The zero-order chi connectivity index (χ0) is 38.3. The van der Waals surface area contributed by atoms with Crippen LogP contribution in [0.2, 0.25) is 0 Å². The van der Waals surface area contributed by atoms with Crippen LogP contribution in [0.3, 0.4) is 0 Å². The molecule has 0 saturated carbocycles. The Morgan fingerprint density at radius 3 is 2.46 bits per heavy atom. The van der Waals surface area contributed by atoms with Gasteiger partial charge in [0.2, 0.25) is 11.8 Å². The van der Waals surface area contributed by atoms with E-state index in [1.165, 1.54) is 22.8 Å². The molecule has 4 aliphatic heterocycles. The van der Waals surface area contributed by atoms with Crippen LogP contribution in [0.4, 0.5) is 20.3 Å².